The van der Waals surface area contributed by atoms with Gasteiger partial charge in [0, 0.05) is 49.4 Å². The minimum atomic E-state index is -0.230. The van der Waals surface area contributed by atoms with Crippen molar-refractivity contribution in [1.29, 1.82) is 0 Å². The molecule has 0 aliphatic carbocycles. The van der Waals surface area contributed by atoms with E-state index in [1.165, 1.54) is 6.07 Å². The maximum Gasteiger partial charge on any atom is 0.272 e. The minimum absolute atomic E-state index is 0. The summed E-state index contributed by atoms with van der Waals surface area (Å²) >= 11 is 0. The zero-order chi connectivity index (χ0) is 17.1. The fourth-order valence-electron chi connectivity index (χ4n) is 2.88. The molecule has 3 rings (SSSR count). The third-order valence-electron chi connectivity index (χ3n) is 4.07. The first-order valence-corrected chi connectivity index (χ1v) is 8.01. The number of carbonyl (C=O) groups is 1. The van der Waals surface area contributed by atoms with E-state index in [4.69, 9.17) is 0 Å². The van der Waals surface area contributed by atoms with Gasteiger partial charge in [-0.2, -0.15) is 5.10 Å². The number of nitrogens with one attached hydrogen (secondary N) is 3. The molecule has 1 amide bonds. The molecule has 1 aliphatic heterocycles. The van der Waals surface area contributed by atoms with Crippen LogP contribution in [0.15, 0.2) is 18.2 Å². The largest absolute Gasteiger partial charge is 0.347 e. The average molecular weight is 368 g/mol. The molecular weight excluding hydrogens is 345 g/mol. The van der Waals surface area contributed by atoms with Gasteiger partial charge in [0.05, 0.1) is 0 Å². The van der Waals surface area contributed by atoms with Gasteiger partial charge in [-0.25, -0.2) is 4.39 Å². The molecule has 6 nitrogen and oxygen atoms in total. The molecule has 0 saturated heterocycles. The van der Waals surface area contributed by atoms with E-state index in [9.17, 15) is 9.18 Å². The lowest BCUT2D eigenvalue weighted by Gasteiger charge is -2.13. The Morgan fingerprint density at radius 3 is 2.96 bits per heavy atom. The van der Waals surface area contributed by atoms with Gasteiger partial charge >= 0.3 is 0 Å². The van der Waals surface area contributed by atoms with Crippen LogP contribution in [0.3, 0.4) is 0 Å². The quantitative estimate of drug-likeness (QED) is 0.750. The summed E-state index contributed by atoms with van der Waals surface area (Å²) in [7, 11) is 3.78. The molecule has 1 aromatic carbocycles. The van der Waals surface area contributed by atoms with Crippen molar-refractivity contribution in [1.82, 2.24) is 25.7 Å². The van der Waals surface area contributed by atoms with E-state index in [-0.39, 0.29) is 24.1 Å². The first-order valence-electron chi connectivity index (χ1n) is 8.01. The second-order valence-electron chi connectivity index (χ2n) is 6.30. The Labute approximate surface area is 152 Å². The lowest BCUT2D eigenvalue weighted by atomic mass is 10.1. The third-order valence-corrected chi connectivity index (χ3v) is 4.07. The molecule has 0 radical (unpaired) electrons. The Hall–Kier alpha value is -1.96. The van der Waals surface area contributed by atoms with Gasteiger partial charge in [-0.1, -0.05) is 6.07 Å². The summed E-state index contributed by atoms with van der Waals surface area (Å²) in [6.07, 6.45) is 0.849. The topological polar surface area (TPSA) is 73.0 Å². The molecule has 0 bridgehead atoms. The Morgan fingerprint density at radius 2 is 2.20 bits per heavy atom. The van der Waals surface area contributed by atoms with Crippen LogP contribution in [-0.4, -0.2) is 41.6 Å². The highest BCUT2D eigenvalue weighted by Crippen LogP contribution is 2.16. The van der Waals surface area contributed by atoms with Crippen LogP contribution in [0.2, 0.25) is 0 Å². The molecule has 0 spiro atoms. The van der Waals surface area contributed by atoms with E-state index >= 15 is 0 Å². The maximum absolute atomic E-state index is 13.8. The number of aromatic amines is 1. The van der Waals surface area contributed by atoms with Crippen LogP contribution in [0.25, 0.3) is 0 Å². The van der Waals surface area contributed by atoms with Crippen molar-refractivity contribution in [2.45, 2.75) is 26.1 Å². The number of amides is 1. The Kier molecular flexibility index (Phi) is 6.52. The van der Waals surface area contributed by atoms with Crippen molar-refractivity contribution in [3.63, 3.8) is 0 Å². The molecule has 0 saturated carbocycles. The number of benzene rings is 1. The first kappa shape index (κ1) is 19.4. The molecule has 0 fully saturated rings. The SMILES string of the molecule is CN(C)Cc1cc(CNC(=O)c2n[nH]c3c2CNCC3)ccc1F.Cl. The number of hydrogen-bond acceptors (Lipinski definition) is 4. The summed E-state index contributed by atoms with van der Waals surface area (Å²) in [5.41, 5.74) is 3.88. The van der Waals surface area contributed by atoms with Crippen LogP contribution in [0.5, 0.6) is 0 Å². The lowest BCUT2D eigenvalue weighted by molar-refractivity contribution is 0.0944. The summed E-state index contributed by atoms with van der Waals surface area (Å²) in [5.74, 6) is -0.444. The van der Waals surface area contributed by atoms with E-state index < -0.39 is 0 Å². The van der Waals surface area contributed by atoms with Crippen molar-refractivity contribution < 1.29 is 9.18 Å². The number of carbonyl (C=O) groups excluding carboxylic acids is 1. The second kappa shape index (κ2) is 8.42. The molecule has 0 atom stereocenters. The number of hydrogen-bond donors (Lipinski definition) is 3. The molecule has 25 heavy (non-hydrogen) atoms. The number of halogens is 2. The number of nitrogens with zero attached hydrogens (tertiary/aromatic N) is 2. The zero-order valence-corrected chi connectivity index (χ0v) is 15.2. The summed E-state index contributed by atoms with van der Waals surface area (Å²) < 4.78 is 13.8. The van der Waals surface area contributed by atoms with Gasteiger partial charge < -0.3 is 15.5 Å². The predicted octanol–water partition coefficient (Wildman–Crippen LogP) is 1.61. The van der Waals surface area contributed by atoms with Gasteiger partial charge in [-0.15, -0.1) is 12.4 Å². The van der Waals surface area contributed by atoms with Crippen LogP contribution in [0, 0.1) is 5.82 Å². The average Bonchev–Trinajstić information content (AvgIpc) is 2.99. The number of fused-ring (bicyclic) bond motifs is 1. The molecule has 1 aliphatic rings. The monoisotopic (exact) mass is 367 g/mol. The van der Waals surface area contributed by atoms with E-state index in [2.05, 4.69) is 20.8 Å². The second-order valence-corrected chi connectivity index (χ2v) is 6.30. The predicted molar refractivity (Wildman–Crippen MR) is 96.2 cm³/mol. The fraction of sp³-hybridized carbons (Fsp3) is 0.412. The van der Waals surface area contributed by atoms with Crippen LogP contribution in [0.4, 0.5) is 4.39 Å². The van der Waals surface area contributed by atoms with Crippen LogP contribution < -0.4 is 10.6 Å². The molecular formula is C17H23ClFN5O. The van der Waals surface area contributed by atoms with Crippen LogP contribution >= 0.6 is 12.4 Å². The maximum atomic E-state index is 13.8. The van der Waals surface area contributed by atoms with E-state index in [0.29, 0.717) is 30.9 Å². The summed E-state index contributed by atoms with van der Waals surface area (Å²) in [5, 5.41) is 13.2. The van der Waals surface area contributed by atoms with Gasteiger partial charge in [0.2, 0.25) is 0 Å². The summed E-state index contributed by atoms with van der Waals surface area (Å²) in [4.78, 5) is 14.3. The Balaban J connectivity index is 0.00000225. The van der Waals surface area contributed by atoms with Gasteiger partial charge in [-0.3, -0.25) is 9.89 Å². The summed E-state index contributed by atoms with van der Waals surface area (Å²) in [6.45, 7) is 2.40. The lowest BCUT2D eigenvalue weighted by Crippen LogP contribution is -2.28. The van der Waals surface area contributed by atoms with Crippen LogP contribution in [-0.2, 0) is 26.1 Å². The normalized spacial score (nSPS) is 13.3. The smallest absolute Gasteiger partial charge is 0.272 e. The molecule has 2 aromatic rings. The van der Waals surface area contributed by atoms with Crippen molar-refractivity contribution >= 4 is 18.3 Å². The highest BCUT2D eigenvalue weighted by molar-refractivity contribution is 5.94. The molecule has 0 unspecified atom stereocenters. The standard InChI is InChI=1S/C17H22FN5O.ClH/c1-23(2)10-12-7-11(3-4-14(12)18)8-20-17(24)16-13-9-19-6-5-15(13)21-22-16;/h3-4,7,19H,5-6,8-10H2,1-2H3,(H,20,24)(H,21,22);1H. The number of H-pyrrole nitrogens is 1. The highest BCUT2D eigenvalue weighted by Gasteiger charge is 2.21. The van der Waals surface area contributed by atoms with Crippen LogP contribution in [0.1, 0.15) is 32.9 Å². The molecule has 3 N–H and O–H groups in total. The highest BCUT2D eigenvalue weighted by atomic mass is 35.5. The van der Waals surface area contributed by atoms with Gasteiger partial charge in [0.25, 0.3) is 5.91 Å². The first-order chi connectivity index (χ1) is 11.5. The molecule has 2 heterocycles. The summed E-state index contributed by atoms with van der Waals surface area (Å²) in [6, 6.07) is 4.92. The van der Waals surface area contributed by atoms with Crippen molar-refractivity contribution in [3.05, 3.63) is 52.1 Å². The van der Waals surface area contributed by atoms with Crippen molar-refractivity contribution in [2.75, 3.05) is 20.6 Å². The fourth-order valence-corrected chi connectivity index (χ4v) is 2.88. The minimum Gasteiger partial charge on any atom is -0.347 e. The third kappa shape index (κ3) is 4.56. The van der Waals surface area contributed by atoms with Gasteiger partial charge in [0.15, 0.2) is 5.69 Å². The van der Waals surface area contributed by atoms with E-state index in [1.807, 2.05) is 19.0 Å². The van der Waals surface area contributed by atoms with Gasteiger partial charge in [0.1, 0.15) is 5.82 Å². The Bertz CT molecular complexity index is 747. The Morgan fingerprint density at radius 1 is 1.40 bits per heavy atom. The van der Waals surface area contributed by atoms with E-state index in [0.717, 1.165) is 29.8 Å². The number of rotatable bonds is 5. The van der Waals surface area contributed by atoms with E-state index in [1.54, 1.807) is 12.1 Å². The van der Waals surface area contributed by atoms with Gasteiger partial charge in [-0.05, 0) is 31.8 Å². The molecule has 136 valence electrons. The van der Waals surface area contributed by atoms with Crippen molar-refractivity contribution in [3.8, 4) is 0 Å². The zero-order valence-electron chi connectivity index (χ0n) is 14.4. The molecule has 1 aromatic heterocycles. The number of aromatic nitrogens is 2. The van der Waals surface area contributed by atoms with Crippen molar-refractivity contribution in [2.24, 2.45) is 0 Å². The molecule has 8 heteroatoms.